The van der Waals surface area contributed by atoms with Crippen LogP contribution in [-0.4, -0.2) is 59.0 Å². The summed E-state index contributed by atoms with van der Waals surface area (Å²) in [6.45, 7) is 12.7. The second kappa shape index (κ2) is 11.5. The third-order valence-corrected chi connectivity index (χ3v) is 8.25. The van der Waals surface area contributed by atoms with E-state index in [1.807, 2.05) is 61.7 Å². The van der Waals surface area contributed by atoms with E-state index in [1.165, 1.54) is 11.3 Å². The number of likely N-dealkylation sites (N-methyl/N-ethyl adjacent to an activating group) is 1. The molecule has 0 radical (unpaired) electrons. The van der Waals surface area contributed by atoms with Gasteiger partial charge in [0.05, 0.1) is 5.39 Å². The zero-order valence-electron chi connectivity index (χ0n) is 25.5. The van der Waals surface area contributed by atoms with E-state index in [0.29, 0.717) is 11.4 Å². The molecule has 6 rings (SSSR count). The van der Waals surface area contributed by atoms with Crippen LogP contribution in [0, 0.1) is 6.92 Å². The van der Waals surface area contributed by atoms with Crippen LogP contribution in [-0.2, 0) is 5.41 Å². The Labute approximate surface area is 253 Å². The lowest BCUT2D eigenvalue weighted by molar-refractivity contribution is 0.102. The molecule has 0 aliphatic carbocycles. The van der Waals surface area contributed by atoms with Gasteiger partial charge in [-0.25, -0.2) is 9.97 Å². The molecule has 3 aromatic carbocycles. The molecule has 1 aliphatic rings. The van der Waals surface area contributed by atoms with E-state index in [0.717, 1.165) is 65.5 Å². The average molecular weight is 574 g/mol. The van der Waals surface area contributed by atoms with Crippen LogP contribution in [0.25, 0.3) is 22.4 Å². The van der Waals surface area contributed by atoms with E-state index in [4.69, 9.17) is 9.97 Å². The molecule has 1 aliphatic heterocycles. The van der Waals surface area contributed by atoms with Gasteiger partial charge < -0.3 is 25.4 Å². The predicted octanol–water partition coefficient (Wildman–Crippen LogP) is 6.98. The Morgan fingerprint density at radius 3 is 2.30 bits per heavy atom. The highest BCUT2D eigenvalue weighted by atomic mass is 16.1. The number of aromatic amines is 1. The Bertz CT molecular complexity index is 1740. The van der Waals surface area contributed by atoms with Gasteiger partial charge in [-0.05, 0) is 79.0 Å². The summed E-state index contributed by atoms with van der Waals surface area (Å²) in [6, 6.07) is 24.1. The molecule has 220 valence electrons. The van der Waals surface area contributed by atoms with E-state index in [9.17, 15) is 4.79 Å². The summed E-state index contributed by atoms with van der Waals surface area (Å²) in [5.41, 5.74) is 7.25. The topological polar surface area (TPSA) is 89.2 Å². The quantitative estimate of drug-likeness (QED) is 0.203. The normalized spacial score (nSPS) is 14.2. The maximum absolute atomic E-state index is 13.1. The summed E-state index contributed by atoms with van der Waals surface area (Å²) in [4.78, 5) is 31.0. The SMILES string of the molecule is Cc1c(NC(=O)c2ccc(C(C)(C)C)cc2)cccc1-c1nc(Nc2ccc(N3CCN(C)CC3)cc2)c2cc[nH]c2n1. The van der Waals surface area contributed by atoms with Crippen molar-refractivity contribution < 1.29 is 4.79 Å². The van der Waals surface area contributed by atoms with Crippen molar-refractivity contribution >= 4 is 39.8 Å². The van der Waals surface area contributed by atoms with Crippen molar-refractivity contribution in [3.05, 3.63) is 95.7 Å². The summed E-state index contributed by atoms with van der Waals surface area (Å²) in [6.07, 6.45) is 1.87. The number of carbonyl (C=O) groups excluding carboxylic acids is 1. The number of aromatic nitrogens is 3. The molecule has 5 aromatic rings. The summed E-state index contributed by atoms with van der Waals surface area (Å²) in [7, 11) is 2.17. The first kappa shape index (κ1) is 28.4. The lowest BCUT2D eigenvalue weighted by atomic mass is 9.86. The van der Waals surface area contributed by atoms with Gasteiger partial charge in [-0.3, -0.25) is 4.79 Å². The van der Waals surface area contributed by atoms with Crippen LogP contribution < -0.4 is 15.5 Å². The van der Waals surface area contributed by atoms with E-state index in [1.54, 1.807) is 0 Å². The lowest BCUT2D eigenvalue weighted by Gasteiger charge is -2.34. The minimum absolute atomic E-state index is 0.0297. The second-order valence-electron chi connectivity index (χ2n) is 12.4. The number of anilines is 4. The number of nitrogens with one attached hydrogen (secondary N) is 3. The molecule has 0 saturated carbocycles. The molecule has 2 aromatic heterocycles. The fraction of sp³-hybridized carbons (Fsp3) is 0.286. The molecule has 0 spiro atoms. The fourth-order valence-corrected chi connectivity index (χ4v) is 5.44. The molecular formula is C35H39N7O. The minimum Gasteiger partial charge on any atom is -0.369 e. The van der Waals surface area contributed by atoms with Crippen molar-refractivity contribution in [3.8, 4) is 11.4 Å². The van der Waals surface area contributed by atoms with Crippen LogP contribution >= 0.6 is 0 Å². The molecule has 3 heterocycles. The Hall–Kier alpha value is -4.69. The zero-order chi connectivity index (χ0) is 30.1. The van der Waals surface area contributed by atoms with E-state index >= 15 is 0 Å². The largest absolute Gasteiger partial charge is 0.369 e. The number of amides is 1. The highest BCUT2D eigenvalue weighted by Crippen LogP contribution is 2.32. The average Bonchev–Trinajstić information content (AvgIpc) is 3.48. The number of H-pyrrole nitrogens is 1. The Morgan fingerprint density at radius 2 is 1.60 bits per heavy atom. The lowest BCUT2D eigenvalue weighted by Crippen LogP contribution is -2.44. The molecule has 8 nitrogen and oxygen atoms in total. The van der Waals surface area contributed by atoms with Gasteiger partial charge in [0.25, 0.3) is 5.91 Å². The van der Waals surface area contributed by atoms with Crippen LogP contribution in [0.2, 0.25) is 0 Å². The van der Waals surface area contributed by atoms with Crippen LogP contribution in [0.15, 0.2) is 79.0 Å². The number of benzene rings is 3. The first-order valence-corrected chi connectivity index (χ1v) is 14.8. The van der Waals surface area contributed by atoms with Crippen LogP contribution in [0.3, 0.4) is 0 Å². The zero-order valence-corrected chi connectivity index (χ0v) is 25.5. The number of fused-ring (bicyclic) bond motifs is 1. The standard InChI is InChI=1S/C35H39N7O/c1-23-28(7-6-8-30(23)38-34(43)24-9-11-25(12-10-24)35(2,3)4)32-39-31-29(17-18-36-31)33(40-32)37-26-13-15-27(16-14-26)42-21-19-41(5)20-22-42/h6-18H,19-22H2,1-5H3,(H,38,43)(H2,36,37,39,40). The monoisotopic (exact) mass is 573 g/mol. The van der Waals surface area contributed by atoms with Gasteiger partial charge in [0.1, 0.15) is 11.5 Å². The third kappa shape index (κ3) is 6.10. The Balaban J connectivity index is 1.24. The highest BCUT2D eigenvalue weighted by Gasteiger charge is 2.18. The van der Waals surface area contributed by atoms with Crippen LogP contribution in [0.4, 0.5) is 22.9 Å². The van der Waals surface area contributed by atoms with E-state index in [2.05, 4.69) is 77.5 Å². The molecule has 1 fully saturated rings. The summed E-state index contributed by atoms with van der Waals surface area (Å²) in [5.74, 6) is 1.15. The van der Waals surface area contributed by atoms with Crippen molar-refractivity contribution in [2.24, 2.45) is 0 Å². The first-order valence-electron chi connectivity index (χ1n) is 14.8. The van der Waals surface area contributed by atoms with E-state index < -0.39 is 0 Å². The van der Waals surface area contributed by atoms with Crippen LogP contribution in [0.5, 0.6) is 0 Å². The second-order valence-corrected chi connectivity index (χ2v) is 12.4. The Kier molecular flexibility index (Phi) is 7.62. The molecule has 3 N–H and O–H groups in total. The van der Waals surface area contributed by atoms with Gasteiger partial charge in [-0.15, -0.1) is 0 Å². The van der Waals surface area contributed by atoms with Gasteiger partial charge in [-0.1, -0.05) is 45.0 Å². The summed E-state index contributed by atoms with van der Waals surface area (Å²) in [5, 5.41) is 7.52. The van der Waals surface area contributed by atoms with E-state index in [-0.39, 0.29) is 11.3 Å². The molecule has 1 saturated heterocycles. The Morgan fingerprint density at radius 1 is 0.884 bits per heavy atom. The minimum atomic E-state index is -0.149. The van der Waals surface area contributed by atoms with Crippen molar-refractivity contribution in [2.45, 2.75) is 33.1 Å². The van der Waals surface area contributed by atoms with Gasteiger partial charge in [0.2, 0.25) is 0 Å². The highest BCUT2D eigenvalue weighted by molar-refractivity contribution is 6.05. The molecule has 8 heteroatoms. The predicted molar refractivity (Wildman–Crippen MR) is 177 cm³/mol. The number of carbonyl (C=O) groups is 1. The van der Waals surface area contributed by atoms with Crippen molar-refractivity contribution in [3.63, 3.8) is 0 Å². The molecule has 0 atom stereocenters. The molecule has 43 heavy (non-hydrogen) atoms. The maximum atomic E-state index is 13.1. The molecule has 0 unspecified atom stereocenters. The third-order valence-electron chi connectivity index (χ3n) is 8.25. The van der Waals surface area contributed by atoms with Gasteiger partial charge >= 0.3 is 0 Å². The van der Waals surface area contributed by atoms with Crippen molar-refractivity contribution in [1.29, 1.82) is 0 Å². The van der Waals surface area contributed by atoms with Gasteiger partial charge in [0, 0.05) is 60.6 Å². The smallest absolute Gasteiger partial charge is 0.255 e. The molecular weight excluding hydrogens is 534 g/mol. The maximum Gasteiger partial charge on any atom is 0.255 e. The first-order chi connectivity index (χ1) is 20.7. The fourth-order valence-electron chi connectivity index (χ4n) is 5.44. The van der Waals surface area contributed by atoms with Gasteiger partial charge in [0.15, 0.2) is 5.82 Å². The number of nitrogens with zero attached hydrogens (tertiary/aromatic N) is 4. The van der Waals surface area contributed by atoms with Crippen molar-refractivity contribution in [1.82, 2.24) is 19.9 Å². The van der Waals surface area contributed by atoms with Crippen molar-refractivity contribution in [2.75, 3.05) is 48.8 Å². The van der Waals surface area contributed by atoms with Gasteiger partial charge in [-0.2, -0.15) is 0 Å². The molecule has 1 amide bonds. The number of hydrogen-bond acceptors (Lipinski definition) is 6. The number of piperazine rings is 1. The number of hydrogen-bond donors (Lipinski definition) is 3. The van der Waals surface area contributed by atoms with Crippen LogP contribution in [0.1, 0.15) is 42.3 Å². The molecule has 0 bridgehead atoms. The number of rotatable bonds is 6. The summed E-state index contributed by atoms with van der Waals surface area (Å²) >= 11 is 0. The summed E-state index contributed by atoms with van der Waals surface area (Å²) < 4.78 is 0.